The van der Waals surface area contributed by atoms with Crippen molar-refractivity contribution in [2.45, 2.75) is 13.3 Å². The molecular weight excluding hydrogens is 144 g/mol. The lowest BCUT2D eigenvalue weighted by Gasteiger charge is -2.04. The van der Waals surface area contributed by atoms with Crippen LogP contribution in [0.5, 0.6) is 0 Å². The van der Waals surface area contributed by atoms with E-state index in [0.717, 1.165) is 0 Å². The Morgan fingerprint density at radius 3 is 2.73 bits per heavy atom. The van der Waals surface area contributed by atoms with Crippen molar-refractivity contribution >= 4 is 6.03 Å². The van der Waals surface area contributed by atoms with E-state index in [1.54, 1.807) is 6.92 Å². The van der Waals surface area contributed by atoms with E-state index >= 15 is 0 Å². The van der Waals surface area contributed by atoms with Gasteiger partial charge < -0.3 is 15.7 Å². The van der Waals surface area contributed by atoms with E-state index in [0.29, 0.717) is 18.7 Å². The number of urea groups is 1. The van der Waals surface area contributed by atoms with Gasteiger partial charge in [0.1, 0.15) is 0 Å². The molecule has 0 rings (SSSR count). The summed E-state index contributed by atoms with van der Waals surface area (Å²) in [5.41, 5.74) is 0.603. The van der Waals surface area contributed by atoms with E-state index in [1.165, 1.54) is 0 Å². The maximum Gasteiger partial charge on any atom is 0.318 e. The number of aliphatic hydroxyl groups is 1. The summed E-state index contributed by atoms with van der Waals surface area (Å²) in [5.74, 6) is 0. The Balaban J connectivity index is 3.30. The molecule has 4 heteroatoms. The maximum atomic E-state index is 10.8. The van der Waals surface area contributed by atoms with E-state index in [4.69, 9.17) is 5.11 Å². The van der Waals surface area contributed by atoms with E-state index in [-0.39, 0.29) is 12.6 Å². The van der Waals surface area contributed by atoms with Crippen molar-refractivity contribution in [1.29, 1.82) is 0 Å². The molecule has 0 unspecified atom stereocenters. The fourth-order valence-electron chi connectivity index (χ4n) is 0.519. The van der Waals surface area contributed by atoms with Crippen LogP contribution < -0.4 is 10.6 Å². The minimum absolute atomic E-state index is 0.0906. The first-order valence-corrected chi connectivity index (χ1v) is 3.48. The first kappa shape index (κ1) is 9.97. The van der Waals surface area contributed by atoms with Gasteiger partial charge in [0.2, 0.25) is 0 Å². The van der Waals surface area contributed by atoms with Gasteiger partial charge in [-0.3, -0.25) is 0 Å². The van der Waals surface area contributed by atoms with E-state index in [9.17, 15) is 4.79 Å². The van der Waals surface area contributed by atoms with Crippen molar-refractivity contribution in [2.75, 3.05) is 13.2 Å². The van der Waals surface area contributed by atoms with Crippen LogP contribution in [-0.2, 0) is 0 Å². The number of hydrogen-bond donors (Lipinski definition) is 3. The fourth-order valence-corrected chi connectivity index (χ4v) is 0.519. The Kier molecular flexibility index (Phi) is 5.20. The van der Waals surface area contributed by atoms with Crippen molar-refractivity contribution in [3.05, 3.63) is 12.3 Å². The summed E-state index contributed by atoms with van der Waals surface area (Å²) in [6.45, 7) is 5.77. The molecule has 0 aliphatic heterocycles. The van der Waals surface area contributed by atoms with Crippen molar-refractivity contribution in [3.8, 4) is 0 Å². The summed E-state index contributed by atoms with van der Waals surface area (Å²) < 4.78 is 0. The third-order valence-corrected chi connectivity index (χ3v) is 0.947. The van der Waals surface area contributed by atoms with Crippen LogP contribution in [0.4, 0.5) is 4.79 Å². The second-order valence-corrected chi connectivity index (χ2v) is 2.24. The lowest BCUT2D eigenvalue weighted by atomic mass is 10.4. The van der Waals surface area contributed by atoms with Gasteiger partial charge in [-0.05, 0) is 13.3 Å². The first-order chi connectivity index (χ1) is 5.16. The van der Waals surface area contributed by atoms with Gasteiger partial charge in [0.05, 0.1) is 0 Å². The highest BCUT2D eigenvalue weighted by Crippen LogP contribution is 1.78. The Bertz CT molecular complexity index is 145. The molecule has 0 fully saturated rings. The fraction of sp³-hybridized carbons (Fsp3) is 0.571. The molecule has 0 spiro atoms. The number of allylic oxidation sites excluding steroid dienone is 1. The highest BCUT2D eigenvalue weighted by molar-refractivity contribution is 5.75. The molecule has 0 radical (unpaired) electrons. The summed E-state index contributed by atoms with van der Waals surface area (Å²) in [4.78, 5) is 10.8. The first-order valence-electron chi connectivity index (χ1n) is 3.48. The zero-order chi connectivity index (χ0) is 8.69. The van der Waals surface area contributed by atoms with E-state index in [1.807, 2.05) is 0 Å². The van der Waals surface area contributed by atoms with Crippen molar-refractivity contribution in [2.24, 2.45) is 0 Å². The molecule has 2 amide bonds. The van der Waals surface area contributed by atoms with Crippen molar-refractivity contribution in [1.82, 2.24) is 10.6 Å². The van der Waals surface area contributed by atoms with Crippen LogP contribution in [0, 0.1) is 0 Å². The van der Waals surface area contributed by atoms with Crippen molar-refractivity contribution < 1.29 is 9.90 Å². The topological polar surface area (TPSA) is 61.4 Å². The molecule has 0 saturated carbocycles. The Morgan fingerprint density at radius 2 is 2.27 bits per heavy atom. The SMILES string of the molecule is C=C(C)NC(=O)NCCCO. The van der Waals surface area contributed by atoms with Gasteiger partial charge in [-0.25, -0.2) is 4.79 Å². The smallest absolute Gasteiger partial charge is 0.318 e. The minimum atomic E-state index is -0.272. The normalized spacial score (nSPS) is 8.91. The lowest BCUT2D eigenvalue weighted by Crippen LogP contribution is -2.34. The average molecular weight is 158 g/mol. The summed E-state index contributed by atoms with van der Waals surface area (Å²) in [6, 6.07) is -0.272. The molecule has 3 N–H and O–H groups in total. The summed E-state index contributed by atoms with van der Waals surface area (Å²) >= 11 is 0. The molecule has 0 bridgehead atoms. The van der Waals surface area contributed by atoms with Crippen LogP contribution in [0.15, 0.2) is 12.3 Å². The Morgan fingerprint density at radius 1 is 1.64 bits per heavy atom. The summed E-state index contributed by atoms with van der Waals surface area (Å²) in [6.07, 6.45) is 0.573. The third-order valence-electron chi connectivity index (χ3n) is 0.947. The molecule has 0 aromatic carbocycles. The molecule has 0 aliphatic carbocycles. The van der Waals surface area contributed by atoms with Crippen LogP contribution in [0.2, 0.25) is 0 Å². The zero-order valence-corrected chi connectivity index (χ0v) is 6.68. The van der Waals surface area contributed by atoms with Gasteiger partial charge in [0, 0.05) is 18.8 Å². The number of carbonyl (C=O) groups is 1. The molecule has 0 aromatic rings. The largest absolute Gasteiger partial charge is 0.396 e. The number of carbonyl (C=O) groups excluding carboxylic acids is 1. The maximum absolute atomic E-state index is 10.8. The third kappa shape index (κ3) is 6.86. The van der Waals surface area contributed by atoms with Gasteiger partial charge in [-0.2, -0.15) is 0 Å². The van der Waals surface area contributed by atoms with Gasteiger partial charge in [0.25, 0.3) is 0 Å². The Hall–Kier alpha value is -1.03. The second-order valence-electron chi connectivity index (χ2n) is 2.24. The molecule has 0 heterocycles. The minimum Gasteiger partial charge on any atom is -0.396 e. The quantitative estimate of drug-likeness (QED) is 0.512. The van der Waals surface area contributed by atoms with E-state index in [2.05, 4.69) is 17.2 Å². The van der Waals surface area contributed by atoms with Crippen LogP contribution in [0.1, 0.15) is 13.3 Å². The van der Waals surface area contributed by atoms with Gasteiger partial charge >= 0.3 is 6.03 Å². The predicted octanol–water partition coefficient (Wildman–Crippen LogP) is 0.202. The van der Waals surface area contributed by atoms with Gasteiger partial charge in [-0.1, -0.05) is 6.58 Å². The molecule has 4 nitrogen and oxygen atoms in total. The standard InChI is InChI=1S/C7H14N2O2/c1-6(2)9-7(11)8-4-3-5-10/h10H,1,3-5H2,2H3,(H2,8,9,11). The van der Waals surface area contributed by atoms with Crippen LogP contribution >= 0.6 is 0 Å². The highest BCUT2D eigenvalue weighted by Gasteiger charge is 1.96. The van der Waals surface area contributed by atoms with Gasteiger partial charge in [-0.15, -0.1) is 0 Å². The molecule has 0 saturated heterocycles. The molecule has 0 atom stereocenters. The molecule has 64 valence electrons. The van der Waals surface area contributed by atoms with E-state index < -0.39 is 0 Å². The molecule has 0 aromatic heterocycles. The number of rotatable bonds is 4. The number of aliphatic hydroxyl groups excluding tert-OH is 1. The number of amides is 2. The lowest BCUT2D eigenvalue weighted by molar-refractivity contribution is 0.240. The molecule has 0 aliphatic rings. The molecule has 11 heavy (non-hydrogen) atoms. The monoisotopic (exact) mass is 158 g/mol. The number of hydrogen-bond acceptors (Lipinski definition) is 2. The second kappa shape index (κ2) is 5.73. The van der Waals surface area contributed by atoms with Crippen molar-refractivity contribution in [3.63, 3.8) is 0 Å². The zero-order valence-electron chi connectivity index (χ0n) is 6.68. The van der Waals surface area contributed by atoms with Gasteiger partial charge in [0.15, 0.2) is 0 Å². The predicted molar refractivity (Wildman–Crippen MR) is 43.1 cm³/mol. The highest BCUT2D eigenvalue weighted by atomic mass is 16.3. The van der Waals surface area contributed by atoms with Crippen LogP contribution in [-0.4, -0.2) is 24.3 Å². The summed E-state index contributed by atoms with van der Waals surface area (Å²) in [7, 11) is 0. The summed E-state index contributed by atoms with van der Waals surface area (Å²) in [5, 5.41) is 13.4. The van der Waals surface area contributed by atoms with Crippen LogP contribution in [0.3, 0.4) is 0 Å². The van der Waals surface area contributed by atoms with Crippen LogP contribution in [0.25, 0.3) is 0 Å². The average Bonchev–Trinajstić information content (AvgIpc) is 1.86. The number of nitrogens with one attached hydrogen (secondary N) is 2. The Labute approximate surface area is 66.3 Å². The molecular formula is C7H14N2O2.